The maximum absolute atomic E-state index is 9.46. The van der Waals surface area contributed by atoms with Gasteiger partial charge in [0.2, 0.25) is 0 Å². The Hall–Kier alpha value is -1.09. The number of nitrogens with zero attached hydrogens (tertiary/aromatic N) is 2. The lowest BCUT2D eigenvalue weighted by molar-refractivity contribution is 0.199. The highest BCUT2D eigenvalue weighted by Gasteiger charge is 2.16. The number of aliphatic hydroxyl groups is 1. The molecule has 3 nitrogen and oxygen atoms in total. The van der Waals surface area contributed by atoms with E-state index in [1.807, 2.05) is 12.1 Å². The summed E-state index contributed by atoms with van der Waals surface area (Å²) in [5.41, 5.74) is 0.879. The van der Waals surface area contributed by atoms with Crippen LogP contribution in [0.4, 0.5) is 5.82 Å². The number of aromatic nitrogens is 1. The van der Waals surface area contributed by atoms with Crippen molar-refractivity contribution in [2.45, 2.75) is 45.1 Å². The van der Waals surface area contributed by atoms with E-state index in [-0.39, 0.29) is 0 Å². The fourth-order valence-electron chi connectivity index (χ4n) is 2.72. The van der Waals surface area contributed by atoms with Gasteiger partial charge in [-0.05, 0) is 37.3 Å². The molecule has 0 saturated heterocycles. The molecule has 3 heteroatoms. The quantitative estimate of drug-likeness (QED) is 0.889. The van der Waals surface area contributed by atoms with Gasteiger partial charge in [0.1, 0.15) is 5.82 Å². The highest BCUT2D eigenvalue weighted by atomic mass is 16.3. The van der Waals surface area contributed by atoms with Gasteiger partial charge in [0, 0.05) is 19.8 Å². The smallest absolute Gasteiger partial charge is 0.128 e. The number of hydrogen-bond acceptors (Lipinski definition) is 3. The van der Waals surface area contributed by atoms with Gasteiger partial charge in [-0.25, -0.2) is 4.98 Å². The molecule has 0 bridgehead atoms. The largest absolute Gasteiger partial charge is 0.389 e. The fourth-order valence-corrected chi connectivity index (χ4v) is 2.72. The molecule has 1 aromatic rings. The summed E-state index contributed by atoms with van der Waals surface area (Å²) in [6.45, 7) is 2.86. The zero-order valence-electron chi connectivity index (χ0n) is 11.5. The summed E-state index contributed by atoms with van der Waals surface area (Å²) in [5.74, 6) is 1.83. The Morgan fingerprint density at radius 3 is 2.61 bits per heavy atom. The van der Waals surface area contributed by atoms with Gasteiger partial charge in [-0.3, -0.25) is 0 Å². The molecule has 1 unspecified atom stereocenters. The summed E-state index contributed by atoms with van der Waals surface area (Å²) in [5, 5.41) is 9.46. The fraction of sp³-hybridized carbons (Fsp3) is 0.667. The molecule has 1 aliphatic carbocycles. The predicted molar refractivity (Wildman–Crippen MR) is 74.7 cm³/mol. The molecular weight excluding hydrogens is 224 g/mol. The van der Waals surface area contributed by atoms with Gasteiger partial charge in [-0.15, -0.1) is 0 Å². The molecule has 1 aliphatic rings. The topological polar surface area (TPSA) is 36.4 Å². The van der Waals surface area contributed by atoms with Crippen molar-refractivity contribution >= 4 is 5.82 Å². The van der Waals surface area contributed by atoms with Gasteiger partial charge in [0.25, 0.3) is 0 Å². The lowest BCUT2D eigenvalue weighted by atomic mass is 9.89. The Balaban J connectivity index is 1.93. The van der Waals surface area contributed by atoms with Gasteiger partial charge in [-0.1, -0.05) is 25.3 Å². The number of pyridine rings is 1. The summed E-state index contributed by atoms with van der Waals surface area (Å²) in [6.07, 6.45) is 8.22. The van der Waals surface area contributed by atoms with Crippen molar-refractivity contribution in [1.82, 2.24) is 4.98 Å². The van der Waals surface area contributed by atoms with E-state index in [2.05, 4.69) is 16.9 Å². The van der Waals surface area contributed by atoms with Crippen LogP contribution in [0.3, 0.4) is 0 Å². The zero-order valence-corrected chi connectivity index (χ0v) is 11.5. The standard InChI is InChI=1S/C15H24N2O/c1-12(18)14-8-9-15(16-10-14)17(2)11-13-6-4-3-5-7-13/h8-10,12-13,18H,3-7,11H2,1-2H3. The Morgan fingerprint density at radius 1 is 1.33 bits per heavy atom. The summed E-state index contributed by atoms with van der Waals surface area (Å²) in [4.78, 5) is 6.67. The third-order valence-corrected chi connectivity index (χ3v) is 3.90. The summed E-state index contributed by atoms with van der Waals surface area (Å²) in [7, 11) is 2.11. The highest BCUT2D eigenvalue weighted by Crippen LogP contribution is 2.25. The van der Waals surface area contributed by atoms with Crippen molar-refractivity contribution in [1.29, 1.82) is 0 Å². The van der Waals surface area contributed by atoms with Crippen LogP contribution in [0.2, 0.25) is 0 Å². The minimum absolute atomic E-state index is 0.435. The van der Waals surface area contributed by atoms with Crippen LogP contribution in [-0.4, -0.2) is 23.7 Å². The molecule has 1 fully saturated rings. The van der Waals surface area contributed by atoms with Crippen LogP contribution in [0.5, 0.6) is 0 Å². The number of aliphatic hydroxyl groups excluding tert-OH is 1. The summed E-state index contributed by atoms with van der Waals surface area (Å²) >= 11 is 0. The van der Waals surface area contributed by atoms with E-state index in [9.17, 15) is 5.11 Å². The van der Waals surface area contributed by atoms with E-state index in [1.165, 1.54) is 32.1 Å². The Labute approximate surface area is 110 Å². The normalized spacial score (nSPS) is 18.6. The van der Waals surface area contributed by atoms with Crippen LogP contribution >= 0.6 is 0 Å². The van der Waals surface area contributed by atoms with Crippen LogP contribution in [-0.2, 0) is 0 Å². The second-order valence-electron chi connectivity index (χ2n) is 5.51. The van der Waals surface area contributed by atoms with E-state index in [0.29, 0.717) is 0 Å². The minimum atomic E-state index is -0.435. The second-order valence-corrected chi connectivity index (χ2v) is 5.51. The molecule has 18 heavy (non-hydrogen) atoms. The average Bonchev–Trinajstić information content (AvgIpc) is 2.40. The molecule has 2 rings (SSSR count). The maximum Gasteiger partial charge on any atom is 0.128 e. The molecule has 0 aromatic carbocycles. The van der Waals surface area contributed by atoms with Crippen molar-refractivity contribution in [2.24, 2.45) is 5.92 Å². The molecular formula is C15H24N2O. The maximum atomic E-state index is 9.46. The van der Waals surface area contributed by atoms with E-state index >= 15 is 0 Å². The molecule has 1 heterocycles. The van der Waals surface area contributed by atoms with Crippen molar-refractivity contribution in [2.75, 3.05) is 18.5 Å². The molecule has 0 aliphatic heterocycles. The third kappa shape index (κ3) is 3.45. The van der Waals surface area contributed by atoms with Crippen molar-refractivity contribution in [3.63, 3.8) is 0 Å². The molecule has 1 N–H and O–H groups in total. The minimum Gasteiger partial charge on any atom is -0.389 e. The summed E-state index contributed by atoms with van der Waals surface area (Å²) in [6, 6.07) is 3.97. The Morgan fingerprint density at radius 2 is 2.06 bits per heavy atom. The first-order valence-electron chi connectivity index (χ1n) is 7.02. The zero-order chi connectivity index (χ0) is 13.0. The van der Waals surface area contributed by atoms with Crippen molar-refractivity contribution in [3.05, 3.63) is 23.9 Å². The van der Waals surface area contributed by atoms with Gasteiger partial charge in [-0.2, -0.15) is 0 Å². The second kappa shape index (κ2) is 6.19. The highest BCUT2D eigenvalue weighted by molar-refractivity contribution is 5.38. The van der Waals surface area contributed by atoms with Crippen LogP contribution in [0.1, 0.15) is 50.7 Å². The van der Waals surface area contributed by atoms with Crippen molar-refractivity contribution in [3.8, 4) is 0 Å². The van der Waals surface area contributed by atoms with Gasteiger partial charge < -0.3 is 10.0 Å². The molecule has 0 radical (unpaired) electrons. The first-order chi connectivity index (χ1) is 8.66. The molecule has 1 aromatic heterocycles. The van der Waals surface area contributed by atoms with E-state index in [4.69, 9.17) is 0 Å². The van der Waals surface area contributed by atoms with Crippen LogP contribution < -0.4 is 4.90 Å². The lowest BCUT2D eigenvalue weighted by Gasteiger charge is -2.27. The molecule has 0 spiro atoms. The molecule has 1 saturated carbocycles. The average molecular weight is 248 g/mol. The Bertz CT molecular complexity index is 355. The van der Waals surface area contributed by atoms with E-state index < -0.39 is 6.10 Å². The van der Waals surface area contributed by atoms with Gasteiger partial charge in [0.15, 0.2) is 0 Å². The summed E-state index contributed by atoms with van der Waals surface area (Å²) < 4.78 is 0. The van der Waals surface area contributed by atoms with Gasteiger partial charge >= 0.3 is 0 Å². The van der Waals surface area contributed by atoms with Crippen LogP contribution in [0.25, 0.3) is 0 Å². The molecule has 100 valence electrons. The Kier molecular flexibility index (Phi) is 4.59. The number of anilines is 1. The molecule has 1 atom stereocenters. The predicted octanol–water partition coefficient (Wildman–Crippen LogP) is 3.15. The van der Waals surface area contributed by atoms with Gasteiger partial charge in [0.05, 0.1) is 6.10 Å². The van der Waals surface area contributed by atoms with Crippen LogP contribution in [0.15, 0.2) is 18.3 Å². The lowest BCUT2D eigenvalue weighted by Crippen LogP contribution is -2.27. The van der Waals surface area contributed by atoms with E-state index in [0.717, 1.165) is 23.8 Å². The first-order valence-corrected chi connectivity index (χ1v) is 7.02. The number of rotatable bonds is 4. The van der Waals surface area contributed by atoms with Crippen molar-refractivity contribution < 1.29 is 5.11 Å². The SMILES string of the molecule is CC(O)c1ccc(N(C)CC2CCCCC2)nc1. The van der Waals surface area contributed by atoms with E-state index in [1.54, 1.807) is 13.1 Å². The first kappa shape index (κ1) is 13.3. The van der Waals surface area contributed by atoms with Crippen LogP contribution in [0, 0.1) is 5.92 Å². The third-order valence-electron chi connectivity index (χ3n) is 3.90. The molecule has 0 amide bonds. The monoisotopic (exact) mass is 248 g/mol. The number of hydrogen-bond donors (Lipinski definition) is 1.